The van der Waals surface area contributed by atoms with Crippen LogP contribution in [0.1, 0.15) is 10.5 Å². The topological polar surface area (TPSA) is 100 Å². The molecule has 0 atom stereocenters. The van der Waals surface area contributed by atoms with E-state index in [1.54, 1.807) is 26.9 Å². The highest BCUT2D eigenvalue weighted by molar-refractivity contribution is 7.12. The number of pyridine rings is 1. The van der Waals surface area contributed by atoms with E-state index in [0.29, 0.717) is 17.4 Å². The molecule has 1 saturated heterocycles. The molecule has 1 aliphatic heterocycles. The summed E-state index contributed by atoms with van der Waals surface area (Å²) >= 11 is 1.27. The first kappa shape index (κ1) is 23.2. The quantitative estimate of drug-likeness (QED) is 0.406. The van der Waals surface area contributed by atoms with E-state index < -0.39 is 0 Å². The van der Waals surface area contributed by atoms with Gasteiger partial charge in [0.1, 0.15) is 5.69 Å². The summed E-state index contributed by atoms with van der Waals surface area (Å²) in [6.07, 6.45) is 3.39. The summed E-state index contributed by atoms with van der Waals surface area (Å²) < 4.78 is 3.34. The van der Waals surface area contributed by atoms with Crippen LogP contribution in [-0.2, 0) is 6.54 Å². The fourth-order valence-electron chi connectivity index (χ4n) is 4.23. The van der Waals surface area contributed by atoms with E-state index in [1.807, 2.05) is 49.3 Å². The Hall–Kier alpha value is -3.54. The standard InChI is InChI=1S/C24H28N8O2S/c1-29(2)13-14-31-20-5-3-4-6-21(20)32(24(31)34)23-28-18(16-35-23)22(33)27-17-15-26-8-7-19(17)30-11-9-25-10-12-30/h3-8,15-16,25H,9-14H2,1-2H3,(H,27,33). The number of anilines is 2. The zero-order valence-electron chi connectivity index (χ0n) is 19.8. The maximum atomic E-state index is 13.3. The van der Waals surface area contributed by atoms with Gasteiger partial charge in [0.2, 0.25) is 0 Å². The van der Waals surface area contributed by atoms with Gasteiger partial charge in [0, 0.05) is 50.8 Å². The SMILES string of the molecule is CN(C)CCn1c(=O)n(-c2nc(C(=O)Nc3cnccc3N3CCNCC3)cs2)c2ccccc21. The predicted molar refractivity (Wildman–Crippen MR) is 139 cm³/mol. The fraction of sp³-hybridized carbons (Fsp3) is 0.333. The number of imidazole rings is 1. The number of hydrogen-bond acceptors (Lipinski definition) is 8. The summed E-state index contributed by atoms with van der Waals surface area (Å²) in [5, 5.41) is 8.45. The van der Waals surface area contributed by atoms with Crippen molar-refractivity contribution >= 4 is 39.7 Å². The number of fused-ring (bicyclic) bond motifs is 1. The first-order chi connectivity index (χ1) is 17.0. The molecular weight excluding hydrogens is 464 g/mol. The molecule has 0 bridgehead atoms. The minimum atomic E-state index is -0.332. The number of carbonyl (C=O) groups is 1. The fourth-order valence-corrected chi connectivity index (χ4v) is 5.04. The largest absolute Gasteiger partial charge is 0.367 e. The van der Waals surface area contributed by atoms with E-state index in [0.717, 1.165) is 49.4 Å². The van der Waals surface area contributed by atoms with Crippen LogP contribution in [0.3, 0.4) is 0 Å². The van der Waals surface area contributed by atoms with Crippen LogP contribution in [0.25, 0.3) is 16.2 Å². The predicted octanol–water partition coefficient (Wildman–Crippen LogP) is 1.87. The molecular formula is C24H28N8O2S. The number of nitrogens with one attached hydrogen (secondary N) is 2. The lowest BCUT2D eigenvalue weighted by atomic mass is 10.2. The molecule has 2 N–H and O–H groups in total. The Morgan fingerprint density at radius 1 is 1.17 bits per heavy atom. The van der Waals surface area contributed by atoms with Gasteiger partial charge in [-0.25, -0.2) is 14.3 Å². The number of aromatic nitrogens is 4. The number of nitrogens with zero attached hydrogens (tertiary/aromatic N) is 6. The molecule has 1 fully saturated rings. The van der Waals surface area contributed by atoms with Gasteiger partial charge in [-0.1, -0.05) is 12.1 Å². The number of piperazine rings is 1. The van der Waals surface area contributed by atoms with Gasteiger partial charge in [0.05, 0.1) is 28.6 Å². The zero-order chi connectivity index (χ0) is 24.4. The number of rotatable bonds is 7. The second-order valence-corrected chi connectivity index (χ2v) is 9.50. The van der Waals surface area contributed by atoms with Gasteiger partial charge in [0.15, 0.2) is 5.13 Å². The third-order valence-electron chi connectivity index (χ3n) is 6.03. The molecule has 0 unspecified atom stereocenters. The van der Waals surface area contributed by atoms with E-state index in [9.17, 15) is 9.59 Å². The van der Waals surface area contributed by atoms with Crippen molar-refractivity contribution in [3.8, 4) is 5.13 Å². The van der Waals surface area contributed by atoms with Gasteiger partial charge < -0.3 is 20.4 Å². The number of para-hydroxylation sites is 2. The summed E-state index contributed by atoms with van der Waals surface area (Å²) in [5.74, 6) is -0.332. The highest BCUT2D eigenvalue weighted by atomic mass is 32.1. The average Bonchev–Trinajstić information content (AvgIpc) is 3.46. The Morgan fingerprint density at radius 3 is 2.71 bits per heavy atom. The molecule has 1 aromatic carbocycles. The molecule has 4 heterocycles. The lowest BCUT2D eigenvalue weighted by molar-refractivity contribution is 0.102. The second-order valence-electron chi connectivity index (χ2n) is 8.66. The van der Waals surface area contributed by atoms with E-state index in [4.69, 9.17) is 0 Å². The molecule has 10 nitrogen and oxygen atoms in total. The van der Waals surface area contributed by atoms with Crippen molar-refractivity contribution in [3.63, 3.8) is 0 Å². The normalized spacial score (nSPS) is 14.1. The lowest BCUT2D eigenvalue weighted by Crippen LogP contribution is -2.43. The van der Waals surface area contributed by atoms with E-state index in [2.05, 4.69) is 25.5 Å². The molecule has 1 aliphatic rings. The number of likely N-dealkylation sites (N-methyl/N-ethyl adjacent to an activating group) is 1. The zero-order valence-corrected chi connectivity index (χ0v) is 20.6. The summed E-state index contributed by atoms with van der Waals surface area (Å²) in [6, 6.07) is 9.57. The smallest absolute Gasteiger partial charge is 0.335 e. The maximum absolute atomic E-state index is 13.3. The van der Waals surface area contributed by atoms with Gasteiger partial charge in [-0.15, -0.1) is 11.3 Å². The molecule has 11 heteroatoms. The van der Waals surface area contributed by atoms with Gasteiger partial charge in [0.25, 0.3) is 5.91 Å². The molecule has 35 heavy (non-hydrogen) atoms. The first-order valence-corrected chi connectivity index (χ1v) is 12.4. The van der Waals surface area contributed by atoms with Crippen molar-refractivity contribution in [1.82, 2.24) is 29.3 Å². The van der Waals surface area contributed by atoms with E-state index in [-0.39, 0.29) is 17.3 Å². The molecule has 0 aliphatic carbocycles. The Bertz CT molecular complexity index is 1400. The van der Waals surface area contributed by atoms with Gasteiger partial charge >= 0.3 is 5.69 Å². The molecule has 0 spiro atoms. The monoisotopic (exact) mass is 492 g/mol. The summed E-state index contributed by atoms with van der Waals surface area (Å²) in [7, 11) is 3.96. The highest BCUT2D eigenvalue weighted by Gasteiger charge is 2.20. The van der Waals surface area contributed by atoms with Crippen LogP contribution in [0.15, 0.2) is 52.9 Å². The molecule has 0 saturated carbocycles. The molecule has 4 aromatic rings. The Labute approximate surface area is 206 Å². The minimum Gasteiger partial charge on any atom is -0.367 e. The molecule has 3 aromatic heterocycles. The number of amides is 1. The van der Waals surface area contributed by atoms with Crippen molar-refractivity contribution in [1.29, 1.82) is 0 Å². The van der Waals surface area contributed by atoms with Crippen LogP contribution in [0, 0.1) is 0 Å². The lowest BCUT2D eigenvalue weighted by Gasteiger charge is -2.30. The number of carbonyl (C=O) groups excluding carboxylic acids is 1. The third-order valence-corrected chi connectivity index (χ3v) is 6.85. The van der Waals surface area contributed by atoms with Crippen LogP contribution in [0.4, 0.5) is 11.4 Å². The van der Waals surface area contributed by atoms with Gasteiger partial charge in [-0.05, 0) is 32.3 Å². The van der Waals surface area contributed by atoms with Crippen LogP contribution < -0.4 is 21.2 Å². The first-order valence-electron chi connectivity index (χ1n) is 11.5. The van der Waals surface area contributed by atoms with Crippen LogP contribution in [0.2, 0.25) is 0 Å². The summed E-state index contributed by atoms with van der Waals surface area (Å²) in [5.41, 5.74) is 3.29. The van der Waals surface area contributed by atoms with Crippen molar-refractivity contribution in [2.45, 2.75) is 6.54 Å². The van der Waals surface area contributed by atoms with Crippen LogP contribution in [0.5, 0.6) is 0 Å². The van der Waals surface area contributed by atoms with Crippen LogP contribution in [-0.4, -0.2) is 76.7 Å². The minimum absolute atomic E-state index is 0.164. The third kappa shape index (κ3) is 4.70. The van der Waals surface area contributed by atoms with E-state index >= 15 is 0 Å². The Kier molecular flexibility index (Phi) is 6.62. The van der Waals surface area contributed by atoms with Crippen molar-refractivity contribution < 1.29 is 4.79 Å². The van der Waals surface area contributed by atoms with Crippen molar-refractivity contribution in [2.75, 3.05) is 57.0 Å². The Balaban J connectivity index is 1.43. The number of hydrogen-bond donors (Lipinski definition) is 2. The maximum Gasteiger partial charge on any atom is 0.335 e. The number of benzene rings is 1. The molecule has 1 amide bonds. The summed E-state index contributed by atoms with van der Waals surface area (Å²) in [6.45, 7) is 4.79. The second kappa shape index (κ2) is 9.98. The highest BCUT2D eigenvalue weighted by Crippen LogP contribution is 2.26. The number of thiazole rings is 1. The summed E-state index contributed by atoms with van der Waals surface area (Å²) in [4.78, 5) is 39.4. The van der Waals surface area contributed by atoms with Gasteiger partial charge in [-0.3, -0.25) is 14.3 Å². The van der Waals surface area contributed by atoms with Gasteiger partial charge in [-0.2, -0.15) is 0 Å². The average molecular weight is 493 g/mol. The molecule has 182 valence electrons. The van der Waals surface area contributed by atoms with Crippen LogP contribution >= 0.6 is 11.3 Å². The van der Waals surface area contributed by atoms with E-state index in [1.165, 1.54) is 11.3 Å². The molecule has 5 rings (SSSR count). The van der Waals surface area contributed by atoms with Crippen molar-refractivity contribution in [3.05, 3.63) is 64.3 Å². The van der Waals surface area contributed by atoms with Crippen molar-refractivity contribution in [2.24, 2.45) is 0 Å². The molecule has 0 radical (unpaired) electrons. The Morgan fingerprint density at radius 2 is 1.94 bits per heavy atom.